The third-order valence-corrected chi connectivity index (χ3v) is 5.81. The summed E-state index contributed by atoms with van der Waals surface area (Å²) in [4.78, 5) is 40.2. The van der Waals surface area contributed by atoms with Gasteiger partial charge in [-0.1, -0.05) is 62.4 Å². The number of benzene rings is 3. The van der Waals surface area contributed by atoms with Gasteiger partial charge in [-0.05, 0) is 41.3 Å². The van der Waals surface area contributed by atoms with E-state index in [9.17, 15) is 14.4 Å². The minimum Gasteiger partial charge on any atom is -0.497 e. The maximum atomic E-state index is 13.3. The van der Waals surface area contributed by atoms with E-state index < -0.39 is 6.04 Å². The highest BCUT2D eigenvalue weighted by Crippen LogP contribution is 2.18. The average Bonchev–Trinajstić information content (AvgIpc) is 2.85. The van der Waals surface area contributed by atoms with Crippen molar-refractivity contribution in [3.63, 3.8) is 0 Å². The Bertz CT molecular complexity index is 1190. The van der Waals surface area contributed by atoms with Gasteiger partial charge in [-0.3, -0.25) is 14.4 Å². The number of carbonyl (C=O) groups is 3. The van der Waals surface area contributed by atoms with Gasteiger partial charge < -0.3 is 20.3 Å². The Morgan fingerprint density at radius 2 is 1.66 bits per heavy atom. The lowest BCUT2D eigenvalue weighted by atomic mass is 10.0. The highest BCUT2D eigenvalue weighted by Gasteiger charge is 2.29. The second-order valence-corrected chi connectivity index (χ2v) is 8.78. The number of likely N-dealkylation sites (N-methyl/N-ethyl adjacent to an activating group) is 1. The summed E-state index contributed by atoms with van der Waals surface area (Å²) < 4.78 is 5.18. The molecule has 7 heteroatoms. The Labute approximate surface area is 206 Å². The van der Waals surface area contributed by atoms with Gasteiger partial charge in [0, 0.05) is 18.3 Å². The minimum atomic E-state index is -0.729. The summed E-state index contributed by atoms with van der Waals surface area (Å²) in [5.74, 6) is -0.350. The lowest BCUT2D eigenvalue weighted by Crippen LogP contribution is -2.53. The van der Waals surface area contributed by atoms with Crippen LogP contribution in [0.1, 0.15) is 26.3 Å². The summed E-state index contributed by atoms with van der Waals surface area (Å²) in [6.45, 7) is 5.79. The van der Waals surface area contributed by atoms with Gasteiger partial charge in [0.05, 0.1) is 20.1 Å². The zero-order valence-corrected chi connectivity index (χ0v) is 20.7. The molecule has 0 radical (unpaired) electrons. The van der Waals surface area contributed by atoms with Gasteiger partial charge >= 0.3 is 0 Å². The Hall–Kier alpha value is -3.87. The maximum absolute atomic E-state index is 13.3. The van der Waals surface area contributed by atoms with E-state index in [0.29, 0.717) is 18.0 Å². The molecule has 3 aromatic carbocycles. The smallest absolute Gasteiger partial charge is 0.245 e. The van der Waals surface area contributed by atoms with E-state index in [-0.39, 0.29) is 36.6 Å². The number of nitrogens with zero attached hydrogens (tertiary/aromatic N) is 1. The molecular formula is C28H33N3O4. The van der Waals surface area contributed by atoms with Crippen molar-refractivity contribution in [2.45, 2.75) is 33.2 Å². The minimum absolute atomic E-state index is 0.115. The van der Waals surface area contributed by atoms with Crippen LogP contribution < -0.4 is 15.4 Å². The first kappa shape index (κ1) is 25.7. The van der Waals surface area contributed by atoms with E-state index in [1.54, 1.807) is 31.4 Å². The summed E-state index contributed by atoms with van der Waals surface area (Å²) in [5.41, 5.74) is 1.46. The Kier molecular flexibility index (Phi) is 8.84. The monoisotopic (exact) mass is 475 g/mol. The molecule has 0 bridgehead atoms. The van der Waals surface area contributed by atoms with Gasteiger partial charge in [0.25, 0.3) is 0 Å². The number of hydrogen-bond donors (Lipinski definition) is 2. The van der Waals surface area contributed by atoms with Crippen LogP contribution in [0.4, 0.5) is 5.69 Å². The molecule has 7 nitrogen and oxygen atoms in total. The quantitative estimate of drug-likeness (QED) is 0.464. The fourth-order valence-corrected chi connectivity index (χ4v) is 3.89. The van der Waals surface area contributed by atoms with Crippen LogP contribution in [0.3, 0.4) is 0 Å². The number of rotatable bonds is 10. The number of amides is 3. The van der Waals surface area contributed by atoms with Crippen molar-refractivity contribution < 1.29 is 19.1 Å². The van der Waals surface area contributed by atoms with Crippen molar-refractivity contribution in [2.75, 3.05) is 25.5 Å². The number of nitrogens with one attached hydrogen (secondary N) is 2. The SMILES string of the molecule is CCN(CC(=O)Nc1cccc(OC)c1)C(=O)C(NC(=O)Cc1ccc2ccccc2c1)C(C)C. The van der Waals surface area contributed by atoms with E-state index in [4.69, 9.17) is 4.74 Å². The molecule has 184 valence electrons. The molecule has 3 aromatic rings. The first-order valence-corrected chi connectivity index (χ1v) is 11.8. The molecule has 2 N–H and O–H groups in total. The maximum Gasteiger partial charge on any atom is 0.245 e. The predicted octanol–water partition coefficient (Wildman–Crippen LogP) is 4.02. The highest BCUT2D eigenvalue weighted by molar-refractivity contribution is 5.96. The van der Waals surface area contributed by atoms with E-state index in [2.05, 4.69) is 10.6 Å². The third-order valence-electron chi connectivity index (χ3n) is 5.81. The molecule has 0 saturated carbocycles. The molecule has 3 amide bonds. The Morgan fingerprint density at radius 1 is 0.914 bits per heavy atom. The van der Waals surface area contributed by atoms with Crippen LogP contribution in [-0.4, -0.2) is 48.9 Å². The summed E-state index contributed by atoms with van der Waals surface area (Å²) in [5, 5.41) is 7.85. The average molecular weight is 476 g/mol. The second kappa shape index (κ2) is 12.0. The molecule has 0 heterocycles. The van der Waals surface area contributed by atoms with Crippen LogP contribution in [-0.2, 0) is 20.8 Å². The van der Waals surface area contributed by atoms with Crippen molar-refractivity contribution in [3.05, 3.63) is 72.3 Å². The Morgan fingerprint density at radius 3 is 2.34 bits per heavy atom. The molecule has 35 heavy (non-hydrogen) atoms. The van der Waals surface area contributed by atoms with Gasteiger partial charge in [0.15, 0.2) is 0 Å². The first-order valence-electron chi connectivity index (χ1n) is 11.8. The fourth-order valence-electron chi connectivity index (χ4n) is 3.89. The van der Waals surface area contributed by atoms with Crippen molar-refractivity contribution in [3.8, 4) is 5.75 Å². The van der Waals surface area contributed by atoms with Crippen LogP contribution in [0.25, 0.3) is 10.8 Å². The van der Waals surface area contributed by atoms with Gasteiger partial charge in [-0.2, -0.15) is 0 Å². The summed E-state index contributed by atoms with van der Waals surface area (Å²) in [6.07, 6.45) is 0.170. The van der Waals surface area contributed by atoms with Crippen LogP contribution in [0, 0.1) is 5.92 Å². The van der Waals surface area contributed by atoms with Crippen LogP contribution in [0.5, 0.6) is 5.75 Å². The number of anilines is 1. The van der Waals surface area contributed by atoms with Crippen molar-refractivity contribution in [2.24, 2.45) is 5.92 Å². The molecule has 1 atom stereocenters. The summed E-state index contributed by atoms with van der Waals surface area (Å²) in [6, 6.07) is 20.2. The molecule has 0 spiro atoms. The third kappa shape index (κ3) is 7.06. The number of hydrogen-bond acceptors (Lipinski definition) is 4. The molecule has 0 aromatic heterocycles. The van der Waals surface area contributed by atoms with Gasteiger partial charge in [0.2, 0.25) is 17.7 Å². The summed E-state index contributed by atoms with van der Waals surface area (Å²) in [7, 11) is 1.55. The van der Waals surface area contributed by atoms with Gasteiger partial charge in [-0.15, -0.1) is 0 Å². The molecule has 0 aliphatic rings. The van der Waals surface area contributed by atoms with Crippen LogP contribution >= 0.6 is 0 Å². The van der Waals surface area contributed by atoms with Gasteiger partial charge in [0.1, 0.15) is 11.8 Å². The van der Waals surface area contributed by atoms with E-state index in [1.165, 1.54) is 4.90 Å². The largest absolute Gasteiger partial charge is 0.497 e. The normalized spacial score (nSPS) is 11.7. The van der Waals surface area contributed by atoms with Crippen LogP contribution in [0.15, 0.2) is 66.7 Å². The first-order chi connectivity index (χ1) is 16.8. The Balaban J connectivity index is 1.63. The van der Waals surface area contributed by atoms with E-state index in [1.807, 2.05) is 63.2 Å². The summed E-state index contributed by atoms with van der Waals surface area (Å²) >= 11 is 0. The standard InChI is InChI=1S/C28H33N3O4/c1-5-31(18-26(33)29-23-11-8-12-24(17-23)35-4)28(34)27(19(2)3)30-25(32)16-20-13-14-21-9-6-7-10-22(21)15-20/h6-15,17,19,27H,5,16,18H2,1-4H3,(H,29,33)(H,30,32). The lowest BCUT2D eigenvalue weighted by molar-refractivity contribution is -0.139. The van der Waals surface area contributed by atoms with E-state index >= 15 is 0 Å². The van der Waals surface area contributed by atoms with Gasteiger partial charge in [-0.25, -0.2) is 0 Å². The van der Waals surface area contributed by atoms with E-state index in [0.717, 1.165) is 16.3 Å². The molecule has 0 aliphatic heterocycles. The fraction of sp³-hybridized carbons (Fsp3) is 0.321. The van der Waals surface area contributed by atoms with Crippen molar-refractivity contribution in [1.29, 1.82) is 0 Å². The van der Waals surface area contributed by atoms with Crippen LogP contribution in [0.2, 0.25) is 0 Å². The molecule has 3 rings (SSSR count). The topological polar surface area (TPSA) is 87.7 Å². The second-order valence-electron chi connectivity index (χ2n) is 8.78. The van der Waals surface area contributed by atoms with Crippen molar-refractivity contribution in [1.82, 2.24) is 10.2 Å². The number of ether oxygens (including phenoxy) is 1. The van der Waals surface area contributed by atoms with Crippen molar-refractivity contribution >= 4 is 34.2 Å². The number of carbonyl (C=O) groups excluding carboxylic acids is 3. The molecule has 0 fully saturated rings. The molecule has 0 aliphatic carbocycles. The zero-order chi connectivity index (χ0) is 25.4. The molecule has 0 saturated heterocycles. The zero-order valence-electron chi connectivity index (χ0n) is 20.7. The molecule has 1 unspecified atom stereocenters. The lowest BCUT2D eigenvalue weighted by Gasteiger charge is -2.28. The highest BCUT2D eigenvalue weighted by atomic mass is 16.5. The number of methoxy groups -OCH3 is 1. The predicted molar refractivity (Wildman–Crippen MR) is 138 cm³/mol. The molecular weight excluding hydrogens is 442 g/mol. The number of fused-ring (bicyclic) bond motifs is 1.